The SMILES string of the molecule is Cc1c(C)n([C@@H](C)c2ccccc2)c2ncnc(N[C@@H](C)c3ccccc3)c12. The Morgan fingerprint density at radius 2 is 1.43 bits per heavy atom. The number of hydrogen-bond acceptors (Lipinski definition) is 3. The summed E-state index contributed by atoms with van der Waals surface area (Å²) in [6, 6.07) is 21.4. The van der Waals surface area contributed by atoms with Crippen molar-refractivity contribution in [3.05, 3.63) is 89.4 Å². The quantitative estimate of drug-likeness (QED) is 0.480. The van der Waals surface area contributed by atoms with E-state index in [2.05, 4.69) is 102 Å². The largest absolute Gasteiger partial charge is 0.363 e. The molecule has 0 radical (unpaired) electrons. The average Bonchev–Trinajstić information content (AvgIpc) is 3.00. The maximum atomic E-state index is 4.66. The number of nitrogens with one attached hydrogen (secondary N) is 1. The summed E-state index contributed by atoms with van der Waals surface area (Å²) in [5.74, 6) is 0.890. The molecule has 0 fully saturated rings. The minimum Gasteiger partial charge on any atom is -0.363 e. The van der Waals surface area contributed by atoms with E-state index in [0.717, 1.165) is 16.9 Å². The van der Waals surface area contributed by atoms with Crippen LogP contribution in [0.3, 0.4) is 0 Å². The van der Waals surface area contributed by atoms with Crippen LogP contribution in [0.4, 0.5) is 5.82 Å². The molecule has 28 heavy (non-hydrogen) atoms. The lowest BCUT2D eigenvalue weighted by atomic mass is 10.1. The van der Waals surface area contributed by atoms with E-state index in [4.69, 9.17) is 0 Å². The Bertz CT molecular complexity index is 1080. The molecule has 4 nitrogen and oxygen atoms in total. The van der Waals surface area contributed by atoms with Crippen molar-refractivity contribution >= 4 is 16.9 Å². The van der Waals surface area contributed by atoms with Crippen LogP contribution in [0, 0.1) is 13.8 Å². The zero-order valence-electron chi connectivity index (χ0n) is 16.8. The minimum atomic E-state index is 0.161. The van der Waals surface area contributed by atoms with Crippen molar-refractivity contribution < 1.29 is 0 Å². The van der Waals surface area contributed by atoms with Gasteiger partial charge in [0.25, 0.3) is 0 Å². The number of anilines is 1. The van der Waals surface area contributed by atoms with Crippen molar-refractivity contribution in [3.8, 4) is 0 Å². The minimum absolute atomic E-state index is 0.161. The highest BCUT2D eigenvalue weighted by Gasteiger charge is 2.21. The van der Waals surface area contributed by atoms with E-state index in [1.165, 1.54) is 22.4 Å². The fraction of sp³-hybridized carbons (Fsp3) is 0.250. The van der Waals surface area contributed by atoms with E-state index in [-0.39, 0.29) is 12.1 Å². The summed E-state index contributed by atoms with van der Waals surface area (Å²) in [5, 5.41) is 4.70. The van der Waals surface area contributed by atoms with Crippen molar-refractivity contribution in [3.63, 3.8) is 0 Å². The van der Waals surface area contributed by atoms with Crippen LogP contribution >= 0.6 is 0 Å². The maximum Gasteiger partial charge on any atom is 0.146 e. The standard InChI is InChI=1S/C24H26N4/c1-16-18(3)28(19(4)21-13-9-6-10-14-21)24-22(16)23(25-15-26-24)27-17(2)20-11-7-5-8-12-20/h5-15,17,19H,1-4H3,(H,25,26,27)/t17-,19-/m0/s1. The van der Waals surface area contributed by atoms with Gasteiger partial charge in [-0.1, -0.05) is 60.7 Å². The molecule has 4 heteroatoms. The van der Waals surface area contributed by atoms with Crippen LogP contribution in [0.5, 0.6) is 0 Å². The monoisotopic (exact) mass is 370 g/mol. The van der Waals surface area contributed by atoms with Gasteiger partial charge in [-0.15, -0.1) is 0 Å². The number of fused-ring (bicyclic) bond motifs is 1. The van der Waals surface area contributed by atoms with Crippen LogP contribution in [0.25, 0.3) is 11.0 Å². The number of aryl methyl sites for hydroxylation is 1. The van der Waals surface area contributed by atoms with Crippen molar-refractivity contribution in [2.24, 2.45) is 0 Å². The van der Waals surface area contributed by atoms with Gasteiger partial charge in [0.05, 0.1) is 11.4 Å². The second-order valence-corrected chi connectivity index (χ2v) is 7.36. The predicted octanol–water partition coefficient (Wildman–Crippen LogP) is 5.83. The number of rotatable bonds is 5. The molecule has 1 N–H and O–H groups in total. The molecular formula is C24H26N4. The number of aromatic nitrogens is 3. The molecule has 142 valence electrons. The highest BCUT2D eigenvalue weighted by atomic mass is 15.1. The molecule has 0 spiro atoms. The van der Waals surface area contributed by atoms with Crippen molar-refractivity contribution in [2.45, 2.75) is 39.8 Å². The van der Waals surface area contributed by atoms with Crippen molar-refractivity contribution in [1.82, 2.24) is 14.5 Å². The zero-order chi connectivity index (χ0) is 19.7. The van der Waals surface area contributed by atoms with Gasteiger partial charge < -0.3 is 9.88 Å². The molecule has 0 bridgehead atoms. The van der Waals surface area contributed by atoms with E-state index in [1.54, 1.807) is 6.33 Å². The second kappa shape index (κ2) is 7.47. The molecule has 2 heterocycles. The zero-order valence-corrected chi connectivity index (χ0v) is 16.8. The van der Waals surface area contributed by atoms with E-state index in [0.29, 0.717) is 0 Å². The molecule has 0 unspecified atom stereocenters. The first-order valence-corrected chi connectivity index (χ1v) is 9.76. The van der Waals surface area contributed by atoms with Crippen LogP contribution in [0.1, 0.15) is 48.3 Å². The maximum absolute atomic E-state index is 4.66. The molecule has 2 aromatic carbocycles. The number of hydrogen-bond donors (Lipinski definition) is 1. The lowest BCUT2D eigenvalue weighted by molar-refractivity contribution is 0.639. The first-order valence-electron chi connectivity index (χ1n) is 9.76. The summed E-state index contributed by atoms with van der Waals surface area (Å²) in [5.41, 5.74) is 5.93. The molecule has 4 rings (SSSR count). The molecule has 0 aliphatic heterocycles. The van der Waals surface area contributed by atoms with Crippen LogP contribution in [-0.4, -0.2) is 14.5 Å². The van der Waals surface area contributed by atoms with Gasteiger partial charge in [0.15, 0.2) is 0 Å². The van der Waals surface area contributed by atoms with Gasteiger partial charge in [-0.2, -0.15) is 0 Å². The summed E-state index contributed by atoms with van der Waals surface area (Å²) < 4.78 is 2.32. The fourth-order valence-electron chi connectivity index (χ4n) is 3.92. The summed E-state index contributed by atoms with van der Waals surface area (Å²) in [4.78, 5) is 9.25. The molecule has 0 aliphatic carbocycles. The van der Waals surface area contributed by atoms with Gasteiger partial charge in [0.2, 0.25) is 0 Å². The Kier molecular flexibility index (Phi) is 4.86. The third-order valence-electron chi connectivity index (χ3n) is 5.66. The normalized spacial score (nSPS) is 13.4. The van der Waals surface area contributed by atoms with Crippen molar-refractivity contribution in [1.29, 1.82) is 0 Å². The third kappa shape index (κ3) is 3.15. The first-order chi connectivity index (χ1) is 13.6. The van der Waals surface area contributed by atoms with E-state index in [9.17, 15) is 0 Å². The molecule has 2 aromatic heterocycles. The molecule has 0 saturated heterocycles. The van der Waals surface area contributed by atoms with Gasteiger partial charge in [-0.25, -0.2) is 9.97 Å². The van der Waals surface area contributed by atoms with Crippen LogP contribution in [0.2, 0.25) is 0 Å². The Morgan fingerprint density at radius 1 is 0.821 bits per heavy atom. The van der Waals surface area contributed by atoms with Gasteiger partial charge in [0.1, 0.15) is 17.8 Å². The van der Waals surface area contributed by atoms with Gasteiger partial charge >= 0.3 is 0 Å². The Labute approximate surface area is 166 Å². The highest BCUT2D eigenvalue weighted by molar-refractivity contribution is 5.92. The highest BCUT2D eigenvalue weighted by Crippen LogP contribution is 2.34. The Morgan fingerprint density at radius 3 is 2.07 bits per heavy atom. The lowest BCUT2D eigenvalue weighted by Gasteiger charge is -2.18. The third-order valence-corrected chi connectivity index (χ3v) is 5.66. The summed E-state index contributed by atoms with van der Waals surface area (Å²) in [7, 11) is 0. The van der Waals surface area contributed by atoms with E-state index >= 15 is 0 Å². The van der Waals surface area contributed by atoms with Crippen LogP contribution < -0.4 is 5.32 Å². The summed E-state index contributed by atoms with van der Waals surface area (Å²) >= 11 is 0. The molecule has 2 atom stereocenters. The van der Waals surface area contributed by atoms with Gasteiger partial charge in [0, 0.05) is 11.7 Å². The van der Waals surface area contributed by atoms with Crippen molar-refractivity contribution in [2.75, 3.05) is 5.32 Å². The van der Waals surface area contributed by atoms with E-state index in [1.807, 2.05) is 6.07 Å². The first kappa shape index (κ1) is 18.2. The Hall–Kier alpha value is -3.14. The second-order valence-electron chi connectivity index (χ2n) is 7.36. The predicted molar refractivity (Wildman–Crippen MR) is 116 cm³/mol. The van der Waals surface area contributed by atoms with Gasteiger partial charge in [-0.3, -0.25) is 0 Å². The van der Waals surface area contributed by atoms with Gasteiger partial charge in [-0.05, 0) is 44.4 Å². The molecule has 0 amide bonds. The van der Waals surface area contributed by atoms with Crippen LogP contribution in [-0.2, 0) is 0 Å². The number of nitrogens with zero attached hydrogens (tertiary/aromatic N) is 3. The lowest BCUT2D eigenvalue weighted by Crippen LogP contribution is -2.10. The average molecular weight is 371 g/mol. The fourth-order valence-corrected chi connectivity index (χ4v) is 3.92. The summed E-state index contributed by atoms with van der Waals surface area (Å²) in [6.07, 6.45) is 1.66. The van der Waals surface area contributed by atoms with Crippen LogP contribution in [0.15, 0.2) is 67.0 Å². The topological polar surface area (TPSA) is 42.7 Å². The molecule has 4 aromatic rings. The Balaban J connectivity index is 1.79. The summed E-state index contributed by atoms with van der Waals surface area (Å²) in [6.45, 7) is 8.71. The van der Waals surface area contributed by atoms with E-state index < -0.39 is 0 Å². The molecule has 0 saturated carbocycles. The molecular weight excluding hydrogens is 344 g/mol. The molecule has 0 aliphatic rings. The number of benzene rings is 2. The smallest absolute Gasteiger partial charge is 0.146 e.